The van der Waals surface area contributed by atoms with Crippen LogP contribution in [0, 0.1) is 24.5 Å². The molecular weight excluding hydrogens is 645 g/mol. The molecule has 258 valence electrons. The lowest BCUT2D eigenvalue weighted by atomic mass is 9.93. The van der Waals surface area contributed by atoms with E-state index in [0.717, 1.165) is 53.1 Å². The normalized spacial score (nSPS) is 15.8. The fourth-order valence-corrected chi connectivity index (χ4v) is 6.17. The molecule has 0 saturated heterocycles. The number of hydrogen-bond acceptors (Lipinski definition) is 7. The Bertz CT molecular complexity index is 1840. The summed E-state index contributed by atoms with van der Waals surface area (Å²) in [5.41, 5.74) is 6.78. The number of hydrogen-bond donors (Lipinski definition) is 0. The van der Waals surface area contributed by atoms with Gasteiger partial charge in [-0.2, -0.15) is 0 Å². The van der Waals surface area contributed by atoms with Crippen molar-refractivity contribution < 1.29 is 36.9 Å². The number of nitrogens with zero attached hydrogens (tertiary/aromatic N) is 2. The first-order valence-corrected chi connectivity index (χ1v) is 16.4. The minimum atomic E-state index is -4.82. The van der Waals surface area contributed by atoms with Gasteiger partial charge in [0, 0.05) is 43.1 Å². The molecule has 7 nitrogen and oxygen atoms in total. The van der Waals surface area contributed by atoms with Crippen molar-refractivity contribution in [1.82, 2.24) is 9.80 Å². The molecule has 0 unspecified atom stereocenters. The van der Waals surface area contributed by atoms with Crippen molar-refractivity contribution in [3.63, 3.8) is 0 Å². The number of alkyl halides is 3. The number of halogens is 3. The van der Waals surface area contributed by atoms with E-state index in [9.17, 15) is 13.2 Å². The minimum Gasteiger partial charge on any atom is -0.454 e. The van der Waals surface area contributed by atoms with Crippen LogP contribution in [0.4, 0.5) is 13.2 Å². The van der Waals surface area contributed by atoms with Crippen molar-refractivity contribution in [2.75, 3.05) is 33.2 Å². The first-order chi connectivity index (χ1) is 24.2. The molecule has 0 fully saturated rings. The van der Waals surface area contributed by atoms with Crippen molar-refractivity contribution in [1.29, 1.82) is 0 Å². The van der Waals surface area contributed by atoms with Gasteiger partial charge in [-0.15, -0.1) is 19.6 Å². The molecule has 0 aromatic heterocycles. The molecule has 0 atom stereocenters. The Labute approximate surface area is 290 Å². The van der Waals surface area contributed by atoms with Crippen LogP contribution in [0.5, 0.6) is 17.2 Å². The van der Waals surface area contributed by atoms with Gasteiger partial charge in [0.15, 0.2) is 23.0 Å². The Balaban J connectivity index is 1.41. The number of rotatable bonds is 13. The predicted octanol–water partition coefficient (Wildman–Crippen LogP) is 8.47. The van der Waals surface area contributed by atoms with E-state index in [1.54, 1.807) is 6.07 Å². The second kappa shape index (κ2) is 15.4. The van der Waals surface area contributed by atoms with Crippen molar-refractivity contribution >= 4 is 11.3 Å². The molecule has 50 heavy (non-hydrogen) atoms. The van der Waals surface area contributed by atoms with Gasteiger partial charge >= 0.3 is 6.36 Å². The maximum absolute atomic E-state index is 13.0. The third kappa shape index (κ3) is 8.39. The zero-order valence-corrected chi connectivity index (χ0v) is 27.9. The number of fused-ring (bicyclic) bond motifs is 1. The third-order valence-electron chi connectivity index (χ3n) is 8.38. The van der Waals surface area contributed by atoms with Crippen LogP contribution < -0.4 is 14.2 Å². The number of benzene rings is 2. The maximum Gasteiger partial charge on any atom is 0.573 e. The first kappa shape index (κ1) is 34.4. The van der Waals surface area contributed by atoms with Gasteiger partial charge < -0.3 is 28.6 Å². The molecule has 0 bridgehead atoms. The monoisotopic (exact) mass is 682 g/mol. The van der Waals surface area contributed by atoms with Gasteiger partial charge in [-0.25, -0.2) is 0 Å². The third-order valence-corrected chi connectivity index (χ3v) is 8.38. The second-order valence-electron chi connectivity index (χ2n) is 12.1. The van der Waals surface area contributed by atoms with Crippen LogP contribution in [0.1, 0.15) is 49.8 Å². The van der Waals surface area contributed by atoms with Crippen molar-refractivity contribution in [2.24, 2.45) is 0 Å². The van der Waals surface area contributed by atoms with Gasteiger partial charge in [0.25, 0.3) is 0 Å². The first-order valence-electron chi connectivity index (χ1n) is 16.4. The lowest BCUT2D eigenvalue weighted by molar-refractivity contribution is -0.274. The van der Waals surface area contributed by atoms with E-state index in [1.807, 2.05) is 49.4 Å². The van der Waals surface area contributed by atoms with Gasteiger partial charge in [-0.05, 0) is 78.8 Å². The molecule has 0 aliphatic carbocycles. The topological polar surface area (TPSA) is 52.6 Å². The maximum atomic E-state index is 13.0. The molecule has 0 spiro atoms. The SMILES string of the molecule is C#CC1=C(/C=C(\C)CN(CC2=C(c3c#cc(OC(F)(F)F)cc3)CC=C(c3ccccc3)N2CCCC)Cc2ccc3c(c2)OCO3)OCO1. The summed E-state index contributed by atoms with van der Waals surface area (Å²) in [5.74, 6) is 4.36. The Morgan fingerprint density at radius 3 is 2.54 bits per heavy atom. The van der Waals surface area contributed by atoms with Gasteiger partial charge in [-0.3, -0.25) is 4.90 Å². The van der Waals surface area contributed by atoms with Crippen molar-refractivity contribution in [2.45, 2.75) is 46.0 Å². The van der Waals surface area contributed by atoms with Gasteiger partial charge in [0.2, 0.25) is 19.3 Å². The molecule has 0 radical (unpaired) electrons. The van der Waals surface area contributed by atoms with Gasteiger partial charge in [-0.1, -0.05) is 67.5 Å². The Morgan fingerprint density at radius 2 is 1.80 bits per heavy atom. The van der Waals surface area contributed by atoms with Gasteiger partial charge in [0.05, 0.1) is 0 Å². The molecular formula is C40H37F3N2O5. The summed E-state index contributed by atoms with van der Waals surface area (Å²) in [4.78, 5) is 4.65. The standard InChI is InChI=1S/C40H37F3N2O5/c1-4-6-20-45-34(31-10-8-7-9-11-31)18-17-33(30-13-15-32(16-14-30)50-40(41,42)43)35(45)25-44(23-28(3)21-38-36(5-2)46-26-48-38)24-29-12-19-37-39(22-29)49-27-47-37/h2,7-13,15,18-19,21-22H,4,6,17,20,23-27H2,1,3H3/b28-21+. The Kier molecular flexibility index (Phi) is 10.6. The van der Waals surface area contributed by atoms with Crippen LogP contribution in [-0.2, 0) is 16.0 Å². The van der Waals surface area contributed by atoms with E-state index in [-0.39, 0.29) is 13.6 Å². The summed E-state index contributed by atoms with van der Waals surface area (Å²) in [6, 6.07) is 24.6. The number of allylic oxidation sites excluding steroid dienone is 4. The minimum absolute atomic E-state index is 0.0666. The summed E-state index contributed by atoms with van der Waals surface area (Å²) >= 11 is 0. The average Bonchev–Trinajstić information content (AvgIpc) is 3.76. The lowest BCUT2D eigenvalue weighted by Gasteiger charge is -2.38. The number of terminal acetylenes is 1. The predicted molar refractivity (Wildman–Crippen MR) is 183 cm³/mol. The molecule has 0 saturated carbocycles. The fraction of sp³-hybridized carbons (Fsp3) is 0.300. The molecule has 3 aromatic rings. The number of unbranched alkanes of at least 4 members (excludes halogenated alkanes) is 1. The molecule has 3 heterocycles. The van der Waals surface area contributed by atoms with E-state index < -0.39 is 12.1 Å². The number of ether oxygens (including phenoxy) is 5. The van der Waals surface area contributed by atoms with E-state index in [1.165, 1.54) is 6.07 Å². The van der Waals surface area contributed by atoms with Crippen LogP contribution in [0.15, 0.2) is 95.6 Å². The van der Waals surface area contributed by atoms with Crippen LogP contribution >= 0.6 is 0 Å². The molecule has 3 aliphatic rings. The summed E-state index contributed by atoms with van der Waals surface area (Å²) in [6.07, 6.45) is 7.34. The Morgan fingerprint density at radius 1 is 1.00 bits per heavy atom. The van der Waals surface area contributed by atoms with Crippen molar-refractivity contribution in [3.05, 3.63) is 124 Å². The zero-order valence-electron chi connectivity index (χ0n) is 27.9. The lowest BCUT2D eigenvalue weighted by Crippen LogP contribution is -2.36. The Hall–Kier alpha value is -5.45. The van der Waals surface area contributed by atoms with E-state index in [0.29, 0.717) is 54.6 Å². The second-order valence-corrected chi connectivity index (χ2v) is 12.1. The van der Waals surface area contributed by atoms with Crippen molar-refractivity contribution in [3.8, 4) is 29.6 Å². The smallest absolute Gasteiger partial charge is 0.454 e. The van der Waals surface area contributed by atoms with E-state index in [4.69, 9.17) is 25.4 Å². The molecule has 3 aliphatic heterocycles. The van der Waals surface area contributed by atoms with Crippen LogP contribution in [-0.4, -0.2) is 49.4 Å². The summed E-state index contributed by atoms with van der Waals surface area (Å²) in [5, 5.41) is 0. The highest BCUT2D eigenvalue weighted by Crippen LogP contribution is 2.38. The van der Waals surface area contributed by atoms with Gasteiger partial charge in [0.1, 0.15) is 0 Å². The van der Waals surface area contributed by atoms with Crippen LogP contribution in [0.25, 0.3) is 11.3 Å². The highest BCUT2D eigenvalue weighted by atomic mass is 19.4. The van der Waals surface area contributed by atoms with Crippen LogP contribution in [0.2, 0.25) is 0 Å². The zero-order chi connectivity index (χ0) is 35.1. The fourth-order valence-electron chi connectivity index (χ4n) is 6.17. The highest BCUT2D eigenvalue weighted by molar-refractivity contribution is 5.79. The van der Waals surface area contributed by atoms with E-state index >= 15 is 0 Å². The summed E-state index contributed by atoms with van der Waals surface area (Å²) in [6.45, 7) is 6.73. The molecule has 3 aromatic carbocycles. The summed E-state index contributed by atoms with van der Waals surface area (Å²) in [7, 11) is 0. The molecule has 0 amide bonds. The van der Waals surface area contributed by atoms with Crippen LogP contribution in [0.3, 0.4) is 0 Å². The largest absolute Gasteiger partial charge is 0.573 e. The average molecular weight is 683 g/mol. The molecule has 10 heteroatoms. The summed E-state index contributed by atoms with van der Waals surface area (Å²) < 4.78 is 65.3. The van der Waals surface area contributed by atoms with E-state index in [2.05, 4.69) is 57.7 Å². The molecule has 6 rings (SSSR count). The highest BCUT2D eigenvalue weighted by Gasteiger charge is 2.32. The molecule has 0 N–H and O–H groups in total. The quantitative estimate of drug-likeness (QED) is 0.168.